The van der Waals surface area contributed by atoms with E-state index in [-0.39, 0.29) is 13.2 Å². The zero-order chi connectivity index (χ0) is 10.4. The molecule has 84 valence electrons. The topological polar surface area (TPSA) is 72.7 Å². The van der Waals surface area contributed by atoms with Gasteiger partial charge in [0.15, 0.2) is 0 Å². The van der Waals surface area contributed by atoms with Crippen LogP contribution in [0.15, 0.2) is 0 Å². The van der Waals surface area contributed by atoms with Gasteiger partial charge in [0.25, 0.3) is 0 Å². The van der Waals surface area contributed by atoms with Gasteiger partial charge in [-0.1, -0.05) is 6.42 Å². The smallest absolute Gasteiger partial charge is 0.0894 e. The fourth-order valence-corrected chi connectivity index (χ4v) is 2.12. The van der Waals surface area contributed by atoms with Crippen molar-refractivity contribution in [2.75, 3.05) is 26.3 Å². The van der Waals surface area contributed by atoms with E-state index < -0.39 is 6.10 Å². The molecule has 0 amide bonds. The highest BCUT2D eigenvalue weighted by Crippen LogP contribution is 2.30. The Labute approximate surface area is 85.0 Å². The summed E-state index contributed by atoms with van der Waals surface area (Å²) in [4.78, 5) is 0. The molecule has 0 aromatic carbocycles. The molecule has 1 saturated carbocycles. The van der Waals surface area contributed by atoms with Gasteiger partial charge in [-0.25, -0.2) is 0 Å². The zero-order valence-corrected chi connectivity index (χ0v) is 8.52. The van der Waals surface area contributed by atoms with Crippen LogP contribution in [0.3, 0.4) is 0 Å². The highest BCUT2D eigenvalue weighted by atomic mass is 16.3. The third-order valence-corrected chi connectivity index (χ3v) is 3.05. The van der Waals surface area contributed by atoms with Gasteiger partial charge in [-0.05, 0) is 31.2 Å². The molecule has 0 aliphatic heterocycles. The van der Waals surface area contributed by atoms with Gasteiger partial charge >= 0.3 is 0 Å². The van der Waals surface area contributed by atoms with Gasteiger partial charge in [-0.15, -0.1) is 0 Å². The van der Waals surface area contributed by atoms with Crippen molar-refractivity contribution >= 4 is 0 Å². The minimum absolute atomic E-state index is 0.193. The highest BCUT2D eigenvalue weighted by molar-refractivity contribution is 4.78. The van der Waals surface area contributed by atoms with Gasteiger partial charge in [0, 0.05) is 13.2 Å². The third kappa shape index (κ3) is 3.53. The van der Waals surface area contributed by atoms with E-state index >= 15 is 0 Å². The van der Waals surface area contributed by atoms with Crippen molar-refractivity contribution in [1.29, 1.82) is 0 Å². The van der Waals surface area contributed by atoms with Crippen molar-refractivity contribution in [3.05, 3.63) is 0 Å². The van der Waals surface area contributed by atoms with Crippen LogP contribution in [0.1, 0.15) is 19.3 Å². The first kappa shape index (κ1) is 11.9. The average Bonchev–Trinajstić information content (AvgIpc) is 2.65. The van der Waals surface area contributed by atoms with Crippen LogP contribution in [-0.2, 0) is 0 Å². The Bertz CT molecular complexity index is 154. The van der Waals surface area contributed by atoms with Crippen LogP contribution in [-0.4, -0.2) is 47.7 Å². The Morgan fingerprint density at radius 2 is 1.93 bits per heavy atom. The van der Waals surface area contributed by atoms with Crippen LogP contribution < -0.4 is 5.32 Å². The predicted molar refractivity (Wildman–Crippen MR) is 53.9 cm³/mol. The normalized spacial score (nSPS) is 29.4. The van der Waals surface area contributed by atoms with Gasteiger partial charge in [-0.2, -0.15) is 0 Å². The molecule has 1 aliphatic rings. The molecule has 14 heavy (non-hydrogen) atoms. The predicted octanol–water partition coefficient (Wildman–Crippen LogP) is -0.662. The van der Waals surface area contributed by atoms with Crippen LogP contribution >= 0.6 is 0 Å². The molecule has 3 unspecified atom stereocenters. The van der Waals surface area contributed by atoms with E-state index in [9.17, 15) is 0 Å². The summed E-state index contributed by atoms with van der Waals surface area (Å²) in [5.74, 6) is 0.958. The zero-order valence-electron chi connectivity index (χ0n) is 8.52. The number of hydrogen-bond acceptors (Lipinski definition) is 4. The summed E-state index contributed by atoms with van der Waals surface area (Å²) in [5, 5.41) is 29.9. The molecule has 0 radical (unpaired) electrons. The number of aliphatic hydroxyl groups is 3. The summed E-state index contributed by atoms with van der Waals surface area (Å²) in [7, 11) is 0. The van der Waals surface area contributed by atoms with Crippen LogP contribution in [0.25, 0.3) is 0 Å². The molecule has 0 spiro atoms. The monoisotopic (exact) mass is 203 g/mol. The van der Waals surface area contributed by atoms with E-state index in [1.165, 1.54) is 6.42 Å². The Balaban J connectivity index is 2.11. The van der Waals surface area contributed by atoms with Crippen LogP contribution in [0.2, 0.25) is 0 Å². The number of nitrogens with one attached hydrogen (secondary N) is 1. The molecular formula is C10H21NO3. The van der Waals surface area contributed by atoms with E-state index in [0.717, 1.165) is 19.4 Å². The lowest BCUT2D eigenvalue weighted by Gasteiger charge is -2.18. The van der Waals surface area contributed by atoms with E-state index in [4.69, 9.17) is 15.3 Å². The maximum Gasteiger partial charge on any atom is 0.0894 e. The molecule has 0 saturated heterocycles. The fourth-order valence-electron chi connectivity index (χ4n) is 2.12. The lowest BCUT2D eigenvalue weighted by atomic mass is 9.97. The van der Waals surface area contributed by atoms with Crippen LogP contribution in [0.5, 0.6) is 0 Å². The molecule has 1 aliphatic carbocycles. The molecule has 3 atom stereocenters. The Hall–Kier alpha value is -0.160. The quantitative estimate of drug-likeness (QED) is 0.462. The maximum absolute atomic E-state index is 9.09. The minimum Gasteiger partial charge on any atom is -0.396 e. The number of hydrogen-bond donors (Lipinski definition) is 4. The standard InChI is InChI=1S/C10H21NO3/c12-6-9-3-1-2-8(9)4-11-5-10(14)7-13/h8-14H,1-7H2. The lowest BCUT2D eigenvalue weighted by Crippen LogP contribution is -2.34. The van der Waals surface area contributed by atoms with Crippen molar-refractivity contribution in [1.82, 2.24) is 5.32 Å². The Morgan fingerprint density at radius 1 is 1.21 bits per heavy atom. The first-order valence-electron chi connectivity index (χ1n) is 5.38. The van der Waals surface area contributed by atoms with Crippen molar-refractivity contribution in [3.8, 4) is 0 Å². The van der Waals surface area contributed by atoms with Crippen molar-refractivity contribution < 1.29 is 15.3 Å². The molecule has 0 aromatic heterocycles. The molecule has 0 aromatic rings. The van der Waals surface area contributed by atoms with Crippen molar-refractivity contribution in [2.45, 2.75) is 25.4 Å². The average molecular weight is 203 g/mol. The summed E-state index contributed by atoms with van der Waals surface area (Å²) >= 11 is 0. The maximum atomic E-state index is 9.09. The SMILES string of the molecule is OCC(O)CNCC1CCCC1CO. The van der Waals surface area contributed by atoms with Gasteiger partial charge in [-0.3, -0.25) is 0 Å². The highest BCUT2D eigenvalue weighted by Gasteiger charge is 2.25. The van der Waals surface area contributed by atoms with Gasteiger partial charge in [0.2, 0.25) is 0 Å². The van der Waals surface area contributed by atoms with E-state index in [0.29, 0.717) is 18.4 Å². The molecular weight excluding hydrogens is 182 g/mol. The molecule has 0 heterocycles. The molecule has 0 bridgehead atoms. The van der Waals surface area contributed by atoms with Gasteiger partial charge in [0.05, 0.1) is 12.7 Å². The molecule has 1 rings (SSSR count). The van der Waals surface area contributed by atoms with E-state index in [1.54, 1.807) is 0 Å². The van der Waals surface area contributed by atoms with E-state index in [1.807, 2.05) is 0 Å². The van der Waals surface area contributed by atoms with Gasteiger partial charge in [0.1, 0.15) is 0 Å². The summed E-state index contributed by atoms with van der Waals surface area (Å²) in [6.07, 6.45) is 2.81. The van der Waals surface area contributed by atoms with Crippen molar-refractivity contribution in [3.63, 3.8) is 0 Å². The largest absolute Gasteiger partial charge is 0.396 e. The third-order valence-electron chi connectivity index (χ3n) is 3.05. The summed E-state index contributed by atoms with van der Waals surface area (Å²) < 4.78 is 0. The van der Waals surface area contributed by atoms with Crippen molar-refractivity contribution in [2.24, 2.45) is 11.8 Å². The Morgan fingerprint density at radius 3 is 2.57 bits per heavy atom. The summed E-state index contributed by atoms with van der Waals surface area (Å²) in [5.41, 5.74) is 0. The Kier molecular flexibility index (Phi) is 5.40. The van der Waals surface area contributed by atoms with Crippen LogP contribution in [0.4, 0.5) is 0 Å². The fraction of sp³-hybridized carbons (Fsp3) is 1.00. The second kappa shape index (κ2) is 6.35. The van der Waals surface area contributed by atoms with Crippen LogP contribution in [0, 0.1) is 11.8 Å². The molecule has 4 nitrogen and oxygen atoms in total. The molecule has 4 heteroatoms. The second-order valence-corrected chi connectivity index (χ2v) is 4.13. The first-order valence-corrected chi connectivity index (χ1v) is 5.38. The van der Waals surface area contributed by atoms with E-state index in [2.05, 4.69) is 5.32 Å². The number of aliphatic hydroxyl groups excluding tert-OH is 3. The van der Waals surface area contributed by atoms with Gasteiger partial charge < -0.3 is 20.6 Å². The summed E-state index contributed by atoms with van der Waals surface area (Å²) in [6.45, 7) is 1.35. The molecule has 4 N–H and O–H groups in total. The second-order valence-electron chi connectivity index (χ2n) is 4.13. The number of rotatable bonds is 6. The molecule has 1 fully saturated rings. The lowest BCUT2D eigenvalue weighted by molar-refractivity contribution is 0.0922. The minimum atomic E-state index is -0.663. The first-order chi connectivity index (χ1) is 6.77. The summed E-state index contributed by atoms with van der Waals surface area (Å²) in [6, 6.07) is 0.